The maximum atomic E-state index is 10.9. The molecule has 4 heteroatoms. The Labute approximate surface area is 70.4 Å². The summed E-state index contributed by atoms with van der Waals surface area (Å²) in [5, 5.41) is 1.97. The Hall–Kier alpha value is -0.640. The lowest BCUT2D eigenvalue weighted by Crippen LogP contribution is -2.24. The monoisotopic (exact) mass is 173 g/mol. The third-order valence-corrected chi connectivity index (χ3v) is 2.04. The van der Waals surface area contributed by atoms with E-state index >= 15 is 0 Å². The third-order valence-electron chi connectivity index (χ3n) is 1.25. The Balaban J connectivity index is 2.19. The molecule has 0 unspecified atom stereocenters. The van der Waals surface area contributed by atoms with Gasteiger partial charge in [0.15, 0.2) is 0 Å². The van der Waals surface area contributed by atoms with Crippen LogP contribution in [0.1, 0.15) is 6.92 Å². The summed E-state index contributed by atoms with van der Waals surface area (Å²) < 4.78 is 4.78. The summed E-state index contributed by atoms with van der Waals surface area (Å²) in [6.07, 6.45) is 1.90. The Kier molecular flexibility index (Phi) is 3.29. The van der Waals surface area contributed by atoms with Gasteiger partial charge in [0.25, 0.3) is 0 Å². The molecule has 0 amide bonds. The molecule has 0 atom stereocenters. The summed E-state index contributed by atoms with van der Waals surface area (Å²) in [5.74, 6) is 0.707. The van der Waals surface area contributed by atoms with Crippen LogP contribution in [0.25, 0.3) is 0 Å². The molecule has 0 aromatic heterocycles. The maximum Gasteiger partial charge on any atom is 0.325 e. The van der Waals surface area contributed by atoms with E-state index in [1.807, 2.05) is 23.4 Å². The van der Waals surface area contributed by atoms with Crippen LogP contribution >= 0.6 is 11.8 Å². The fraction of sp³-hybridized carbons (Fsp3) is 0.571. The summed E-state index contributed by atoms with van der Waals surface area (Å²) in [4.78, 5) is 12.8. The standard InChI is InChI=1S/C7H11NO2S/c1-2-10-7(9)5-8-3-4-11-6-8/h3-4H,2,5-6H2,1H3. The lowest BCUT2D eigenvalue weighted by Gasteiger charge is -2.12. The van der Waals surface area contributed by atoms with Gasteiger partial charge in [-0.3, -0.25) is 4.79 Å². The van der Waals surface area contributed by atoms with Gasteiger partial charge in [-0.15, -0.1) is 11.8 Å². The van der Waals surface area contributed by atoms with Crippen molar-refractivity contribution < 1.29 is 9.53 Å². The molecule has 0 spiro atoms. The number of thioether (sulfide) groups is 1. The normalized spacial score (nSPS) is 15.5. The van der Waals surface area contributed by atoms with E-state index in [0.717, 1.165) is 5.88 Å². The predicted molar refractivity (Wildman–Crippen MR) is 44.9 cm³/mol. The van der Waals surface area contributed by atoms with Crippen molar-refractivity contribution in [3.8, 4) is 0 Å². The smallest absolute Gasteiger partial charge is 0.325 e. The second kappa shape index (κ2) is 4.28. The van der Waals surface area contributed by atoms with E-state index in [4.69, 9.17) is 4.74 Å². The number of esters is 1. The van der Waals surface area contributed by atoms with Gasteiger partial charge < -0.3 is 9.64 Å². The number of nitrogens with zero attached hydrogens (tertiary/aromatic N) is 1. The first-order chi connectivity index (χ1) is 5.33. The lowest BCUT2D eigenvalue weighted by atomic mass is 10.6. The molecule has 0 aromatic carbocycles. The van der Waals surface area contributed by atoms with Crippen molar-refractivity contribution in [1.29, 1.82) is 0 Å². The van der Waals surface area contributed by atoms with Crippen LogP contribution in [0.4, 0.5) is 0 Å². The molecule has 11 heavy (non-hydrogen) atoms. The summed E-state index contributed by atoms with van der Waals surface area (Å²) in [6.45, 7) is 2.65. The Morgan fingerprint density at radius 1 is 1.82 bits per heavy atom. The van der Waals surface area contributed by atoms with Gasteiger partial charge >= 0.3 is 5.97 Å². The van der Waals surface area contributed by atoms with Crippen LogP contribution in [0.15, 0.2) is 11.6 Å². The molecule has 0 radical (unpaired) electrons. The SMILES string of the molecule is CCOC(=O)CN1C=CSC1. The summed E-state index contributed by atoms with van der Waals surface area (Å²) in [6, 6.07) is 0. The first-order valence-corrected chi connectivity index (χ1v) is 4.55. The minimum absolute atomic E-state index is 0.153. The first-order valence-electron chi connectivity index (χ1n) is 3.51. The van der Waals surface area contributed by atoms with E-state index < -0.39 is 0 Å². The van der Waals surface area contributed by atoms with Crippen molar-refractivity contribution >= 4 is 17.7 Å². The number of rotatable bonds is 3. The van der Waals surface area contributed by atoms with Gasteiger partial charge in [-0.25, -0.2) is 0 Å². The topological polar surface area (TPSA) is 29.5 Å². The first kappa shape index (κ1) is 8.46. The molecule has 0 saturated heterocycles. The molecule has 0 aromatic rings. The third kappa shape index (κ3) is 2.84. The highest BCUT2D eigenvalue weighted by molar-refractivity contribution is 8.02. The zero-order valence-corrected chi connectivity index (χ0v) is 7.26. The van der Waals surface area contributed by atoms with Gasteiger partial charge in [-0.05, 0) is 12.3 Å². The number of hydrogen-bond donors (Lipinski definition) is 0. The molecule has 1 aliphatic rings. The van der Waals surface area contributed by atoms with Crippen molar-refractivity contribution in [3.63, 3.8) is 0 Å². The largest absolute Gasteiger partial charge is 0.465 e. The van der Waals surface area contributed by atoms with E-state index in [1.165, 1.54) is 0 Å². The average Bonchev–Trinajstić information content (AvgIpc) is 2.40. The van der Waals surface area contributed by atoms with Gasteiger partial charge in [0.2, 0.25) is 0 Å². The van der Waals surface area contributed by atoms with E-state index in [-0.39, 0.29) is 5.97 Å². The van der Waals surface area contributed by atoms with E-state index in [2.05, 4.69) is 0 Å². The number of hydrogen-bond acceptors (Lipinski definition) is 4. The van der Waals surface area contributed by atoms with Crippen LogP contribution in [-0.2, 0) is 9.53 Å². The summed E-state index contributed by atoms with van der Waals surface area (Å²) in [5.41, 5.74) is 0. The van der Waals surface area contributed by atoms with Gasteiger partial charge in [-0.1, -0.05) is 0 Å². The molecule has 0 N–H and O–H groups in total. The Morgan fingerprint density at radius 2 is 2.64 bits per heavy atom. The van der Waals surface area contributed by atoms with Crippen molar-refractivity contribution in [2.24, 2.45) is 0 Å². The fourth-order valence-corrected chi connectivity index (χ4v) is 1.49. The minimum Gasteiger partial charge on any atom is -0.465 e. The van der Waals surface area contributed by atoms with Crippen molar-refractivity contribution in [2.45, 2.75) is 6.92 Å². The maximum absolute atomic E-state index is 10.9. The van der Waals surface area contributed by atoms with Crippen LogP contribution in [0.5, 0.6) is 0 Å². The minimum atomic E-state index is -0.153. The second-order valence-electron chi connectivity index (χ2n) is 2.13. The zero-order valence-electron chi connectivity index (χ0n) is 6.45. The van der Waals surface area contributed by atoms with Crippen LogP contribution in [0.3, 0.4) is 0 Å². The lowest BCUT2D eigenvalue weighted by molar-refractivity contribution is -0.143. The molecule has 3 nitrogen and oxygen atoms in total. The molecule has 0 aliphatic carbocycles. The number of carbonyl (C=O) groups excluding carboxylic acids is 1. The van der Waals surface area contributed by atoms with Gasteiger partial charge in [0, 0.05) is 6.20 Å². The second-order valence-corrected chi connectivity index (χ2v) is 3.00. The molecule has 62 valence electrons. The van der Waals surface area contributed by atoms with Gasteiger partial charge in [-0.2, -0.15) is 0 Å². The molecule has 0 saturated carbocycles. The molecule has 1 heterocycles. The fourth-order valence-electron chi connectivity index (χ4n) is 0.782. The van der Waals surface area contributed by atoms with Crippen LogP contribution < -0.4 is 0 Å². The van der Waals surface area contributed by atoms with Gasteiger partial charge in [0.1, 0.15) is 6.54 Å². The van der Waals surface area contributed by atoms with E-state index in [1.54, 1.807) is 11.8 Å². The predicted octanol–water partition coefficient (Wildman–Crippen LogP) is 1.03. The van der Waals surface area contributed by atoms with Crippen LogP contribution in [0, 0.1) is 0 Å². The van der Waals surface area contributed by atoms with Crippen molar-refractivity contribution in [3.05, 3.63) is 11.6 Å². The number of carbonyl (C=O) groups is 1. The Morgan fingerprint density at radius 3 is 3.18 bits per heavy atom. The highest BCUT2D eigenvalue weighted by Gasteiger charge is 2.09. The highest BCUT2D eigenvalue weighted by atomic mass is 32.2. The van der Waals surface area contributed by atoms with E-state index in [0.29, 0.717) is 13.2 Å². The molecular formula is C7H11NO2S. The van der Waals surface area contributed by atoms with E-state index in [9.17, 15) is 4.79 Å². The number of ether oxygens (including phenoxy) is 1. The average molecular weight is 173 g/mol. The molecule has 1 aliphatic heterocycles. The molecule has 0 bridgehead atoms. The quantitative estimate of drug-likeness (QED) is 0.596. The van der Waals surface area contributed by atoms with Crippen molar-refractivity contribution in [1.82, 2.24) is 4.90 Å². The van der Waals surface area contributed by atoms with Crippen molar-refractivity contribution in [2.75, 3.05) is 19.0 Å². The summed E-state index contributed by atoms with van der Waals surface area (Å²) in [7, 11) is 0. The van der Waals surface area contributed by atoms with Gasteiger partial charge in [0.05, 0.1) is 12.5 Å². The zero-order chi connectivity index (χ0) is 8.10. The molecule has 0 fully saturated rings. The summed E-state index contributed by atoms with van der Waals surface area (Å²) >= 11 is 1.68. The van der Waals surface area contributed by atoms with Crippen LogP contribution in [0.2, 0.25) is 0 Å². The Bertz CT molecular complexity index is 170. The van der Waals surface area contributed by atoms with Crippen LogP contribution in [-0.4, -0.2) is 29.9 Å². The molecule has 1 rings (SSSR count). The highest BCUT2D eigenvalue weighted by Crippen LogP contribution is 2.14. The molecular weight excluding hydrogens is 162 g/mol.